The zero-order valence-corrected chi connectivity index (χ0v) is 18.2. The van der Waals surface area contributed by atoms with E-state index in [4.69, 9.17) is 4.98 Å². The molecule has 3 aromatic rings. The standard InChI is InChI=1S/C21H29N9O/c1-4-22-21(31)25-19-14-17(27(3)26-19)15-28-10-12-29(13-11-28)18-6-7-20(24-16(18)2)30-9-5-8-23-30/h5-9,14H,4,10-13,15H2,1-3H3,(H2,22,25,26,31). The molecule has 31 heavy (non-hydrogen) atoms. The van der Waals surface area contributed by atoms with Gasteiger partial charge >= 0.3 is 6.03 Å². The van der Waals surface area contributed by atoms with Crippen molar-refractivity contribution in [1.29, 1.82) is 0 Å². The average molecular weight is 424 g/mol. The lowest BCUT2D eigenvalue weighted by Gasteiger charge is -2.36. The topological polar surface area (TPSA) is 96.1 Å². The van der Waals surface area contributed by atoms with Gasteiger partial charge in [-0.05, 0) is 32.0 Å². The molecular weight excluding hydrogens is 394 g/mol. The second kappa shape index (κ2) is 9.17. The minimum atomic E-state index is -0.233. The Bertz CT molecular complexity index is 1020. The molecule has 2 amide bonds. The van der Waals surface area contributed by atoms with E-state index in [-0.39, 0.29) is 6.03 Å². The third-order valence-corrected chi connectivity index (χ3v) is 5.44. The molecule has 1 saturated heterocycles. The van der Waals surface area contributed by atoms with Crippen molar-refractivity contribution in [2.75, 3.05) is 42.9 Å². The highest BCUT2D eigenvalue weighted by atomic mass is 16.2. The molecule has 4 rings (SSSR count). The van der Waals surface area contributed by atoms with Gasteiger partial charge in [0.05, 0.1) is 17.1 Å². The second-order valence-corrected chi connectivity index (χ2v) is 7.62. The molecule has 164 valence electrons. The van der Waals surface area contributed by atoms with Gasteiger partial charge < -0.3 is 10.2 Å². The first kappa shape index (κ1) is 20.9. The Morgan fingerprint density at radius 2 is 2.00 bits per heavy atom. The minimum Gasteiger partial charge on any atom is -0.368 e. The predicted molar refractivity (Wildman–Crippen MR) is 119 cm³/mol. The number of pyridine rings is 1. The van der Waals surface area contributed by atoms with E-state index in [0.717, 1.165) is 49.9 Å². The van der Waals surface area contributed by atoms with E-state index < -0.39 is 0 Å². The van der Waals surface area contributed by atoms with Crippen molar-refractivity contribution in [3.63, 3.8) is 0 Å². The quantitative estimate of drug-likeness (QED) is 0.627. The molecule has 3 aromatic heterocycles. The Balaban J connectivity index is 1.34. The molecule has 0 unspecified atom stereocenters. The number of carbonyl (C=O) groups excluding carboxylic acids is 1. The number of nitrogens with one attached hydrogen (secondary N) is 2. The molecule has 10 nitrogen and oxygen atoms in total. The van der Waals surface area contributed by atoms with E-state index in [1.165, 1.54) is 5.69 Å². The molecular formula is C21H29N9O. The lowest BCUT2D eigenvalue weighted by atomic mass is 10.2. The number of hydrogen-bond donors (Lipinski definition) is 2. The van der Waals surface area contributed by atoms with E-state index >= 15 is 0 Å². The van der Waals surface area contributed by atoms with E-state index in [1.54, 1.807) is 10.9 Å². The van der Waals surface area contributed by atoms with Crippen LogP contribution >= 0.6 is 0 Å². The minimum absolute atomic E-state index is 0.233. The van der Waals surface area contributed by atoms with Crippen LogP contribution in [0.25, 0.3) is 5.82 Å². The summed E-state index contributed by atoms with van der Waals surface area (Å²) in [6.07, 6.45) is 3.65. The molecule has 0 aliphatic carbocycles. The zero-order chi connectivity index (χ0) is 21.8. The van der Waals surface area contributed by atoms with Crippen molar-refractivity contribution in [2.24, 2.45) is 7.05 Å². The van der Waals surface area contributed by atoms with Gasteiger partial charge in [-0.15, -0.1) is 0 Å². The number of piperazine rings is 1. The highest BCUT2D eigenvalue weighted by Crippen LogP contribution is 2.22. The van der Waals surface area contributed by atoms with Crippen LogP contribution in [0, 0.1) is 6.92 Å². The summed E-state index contributed by atoms with van der Waals surface area (Å²) in [6.45, 7) is 9.08. The molecule has 1 aliphatic heterocycles. The van der Waals surface area contributed by atoms with Crippen LogP contribution in [0.3, 0.4) is 0 Å². The average Bonchev–Trinajstić information content (AvgIpc) is 3.39. The van der Waals surface area contributed by atoms with Crippen molar-refractivity contribution in [3.05, 3.63) is 48.0 Å². The first-order valence-electron chi connectivity index (χ1n) is 10.6. The largest absolute Gasteiger partial charge is 0.368 e. The lowest BCUT2D eigenvalue weighted by molar-refractivity contribution is 0.243. The summed E-state index contributed by atoms with van der Waals surface area (Å²) in [5, 5.41) is 14.1. The van der Waals surface area contributed by atoms with Crippen LogP contribution < -0.4 is 15.5 Å². The van der Waals surface area contributed by atoms with Crippen LogP contribution in [0.1, 0.15) is 18.3 Å². The molecule has 1 fully saturated rings. The number of aromatic nitrogens is 5. The molecule has 10 heteroatoms. The molecule has 0 radical (unpaired) electrons. The molecule has 0 atom stereocenters. The van der Waals surface area contributed by atoms with Crippen LogP contribution in [0.5, 0.6) is 0 Å². The lowest BCUT2D eigenvalue weighted by Crippen LogP contribution is -2.46. The van der Waals surface area contributed by atoms with Crippen LogP contribution in [0.15, 0.2) is 36.7 Å². The van der Waals surface area contributed by atoms with Crippen LogP contribution in [-0.4, -0.2) is 68.2 Å². The summed E-state index contributed by atoms with van der Waals surface area (Å²) in [5.41, 5.74) is 3.25. The van der Waals surface area contributed by atoms with Gasteiger partial charge in [0.25, 0.3) is 0 Å². The van der Waals surface area contributed by atoms with Crippen molar-refractivity contribution in [2.45, 2.75) is 20.4 Å². The number of anilines is 2. The number of hydrogen-bond acceptors (Lipinski definition) is 6. The maximum atomic E-state index is 11.7. The third-order valence-electron chi connectivity index (χ3n) is 5.44. The monoisotopic (exact) mass is 423 g/mol. The highest BCUT2D eigenvalue weighted by molar-refractivity contribution is 5.88. The van der Waals surface area contributed by atoms with Gasteiger partial charge in [-0.25, -0.2) is 14.5 Å². The summed E-state index contributed by atoms with van der Waals surface area (Å²) in [4.78, 5) is 21.2. The van der Waals surface area contributed by atoms with Crippen LogP contribution in [0.2, 0.25) is 0 Å². The molecule has 4 heterocycles. The van der Waals surface area contributed by atoms with Gasteiger partial charge in [0.15, 0.2) is 11.6 Å². The summed E-state index contributed by atoms with van der Waals surface area (Å²) in [7, 11) is 1.91. The molecule has 2 N–H and O–H groups in total. The number of rotatable bonds is 6. The summed E-state index contributed by atoms with van der Waals surface area (Å²) >= 11 is 0. The third kappa shape index (κ3) is 4.85. The first-order valence-corrected chi connectivity index (χ1v) is 10.6. The fraction of sp³-hybridized carbons (Fsp3) is 0.429. The highest BCUT2D eigenvalue weighted by Gasteiger charge is 2.20. The SMILES string of the molecule is CCNC(=O)Nc1cc(CN2CCN(c3ccc(-n4cccn4)nc3C)CC2)n(C)n1. The zero-order valence-electron chi connectivity index (χ0n) is 18.2. The van der Waals surface area contributed by atoms with E-state index in [9.17, 15) is 4.79 Å². The van der Waals surface area contributed by atoms with Gasteiger partial charge in [-0.3, -0.25) is 14.9 Å². The normalized spacial score (nSPS) is 14.6. The number of amides is 2. The van der Waals surface area contributed by atoms with Gasteiger partial charge in [0, 0.05) is 64.8 Å². The molecule has 0 saturated carbocycles. The number of urea groups is 1. The van der Waals surface area contributed by atoms with E-state index in [1.807, 2.05) is 50.0 Å². The van der Waals surface area contributed by atoms with Gasteiger partial charge in [-0.1, -0.05) is 0 Å². The maximum Gasteiger partial charge on any atom is 0.320 e. The van der Waals surface area contributed by atoms with Crippen LogP contribution in [-0.2, 0) is 13.6 Å². The van der Waals surface area contributed by atoms with Gasteiger partial charge in [0.1, 0.15) is 0 Å². The molecule has 1 aliphatic rings. The van der Waals surface area contributed by atoms with Crippen molar-refractivity contribution in [1.82, 2.24) is 34.8 Å². The fourth-order valence-corrected chi connectivity index (χ4v) is 3.82. The van der Waals surface area contributed by atoms with Crippen molar-refractivity contribution >= 4 is 17.5 Å². The Morgan fingerprint density at radius 1 is 1.19 bits per heavy atom. The van der Waals surface area contributed by atoms with Crippen molar-refractivity contribution in [3.8, 4) is 5.82 Å². The van der Waals surface area contributed by atoms with Crippen molar-refractivity contribution < 1.29 is 4.79 Å². The number of carbonyl (C=O) groups is 1. The molecule has 0 spiro atoms. The summed E-state index contributed by atoms with van der Waals surface area (Å²) in [5.74, 6) is 1.40. The Morgan fingerprint density at radius 3 is 2.68 bits per heavy atom. The summed E-state index contributed by atoms with van der Waals surface area (Å²) < 4.78 is 3.60. The predicted octanol–water partition coefficient (Wildman–Crippen LogP) is 1.77. The van der Waals surface area contributed by atoms with E-state index in [2.05, 4.69) is 36.7 Å². The fourth-order valence-electron chi connectivity index (χ4n) is 3.82. The summed E-state index contributed by atoms with van der Waals surface area (Å²) in [6, 6.07) is 7.74. The van der Waals surface area contributed by atoms with Gasteiger partial charge in [-0.2, -0.15) is 10.2 Å². The first-order chi connectivity index (χ1) is 15.0. The molecule has 0 aromatic carbocycles. The molecule has 0 bridgehead atoms. The second-order valence-electron chi connectivity index (χ2n) is 7.62. The Hall–Kier alpha value is -3.40. The van der Waals surface area contributed by atoms with Crippen LogP contribution in [0.4, 0.5) is 16.3 Å². The Labute approximate surface area is 181 Å². The van der Waals surface area contributed by atoms with Gasteiger partial charge in [0.2, 0.25) is 0 Å². The number of nitrogens with zero attached hydrogens (tertiary/aromatic N) is 7. The smallest absolute Gasteiger partial charge is 0.320 e. The Kier molecular flexibility index (Phi) is 6.17. The van der Waals surface area contributed by atoms with E-state index in [0.29, 0.717) is 12.4 Å². The maximum absolute atomic E-state index is 11.7. The number of aryl methyl sites for hydroxylation is 2.